The Morgan fingerprint density at radius 1 is 1.12 bits per heavy atom. The minimum Gasteiger partial charge on any atom is -0.460 e. The highest BCUT2D eigenvalue weighted by molar-refractivity contribution is 5.85. The number of para-hydroxylation sites is 1. The number of carbonyl (C=O) groups excluding carboxylic acids is 2. The maximum Gasteiger partial charge on any atom is 0.234 e. The second kappa shape index (κ2) is 6.65. The Morgan fingerprint density at radius 2 is 1.79 bits per heavy atom. The van der Waals surface area contributed by atoms with Gasteiger partial charge in [0.2, 0.25) is 11.8 Å². The predicted octanol–water partition coefficient (Wildman–Crippen LogP) is 1.55. The quantitative estimate of drug-likeness (QED) is 0.923. The molecule has 2 N–H and O–H groups in total. The number of carbonyl (C=O) groups is 2. The summed E-state index contributed by atoms with van der Waals surface area (Å²) in [6.07, 6.45) is 0. The smallest absolute Gasteiger partial charge is 0.234 e. The Labute approximate surface area is 141 Å². The predicted molar refractivity (Wildman–Crippen MR) is 91.4 cm³/mol. The number of nitrogens with zero attached hydrogens (tertiary/aromatic N) is 2. The number of rotatable bonds is 4. The Morgan fingerprint density at radius 3 is 2.42 bits per heavy atom. The lowest BCUT2D eigenvalue weighted by atomic mass is 10.1. The lowest BCUT2D eigenvalue weighted by Gasteiger charge is -2.37. The van der Waals surface area contributed by atoms with Crippen LogP contribution in [0.2, 0.25) is 0 Å². The summed E-state index contributed by atoms with van der Waals surface area (Å²) in [6, 6.07) is 9.39. The fourth-order valence-electron chi connectivity index (χ4n) is 3.12. The van der Waals surface area contributed by atoms with Crippen LogP contribution < -0.4 is 5.73 Å². The summed E-state index contributed by atoms with van der Waals surface area (Å²) in [5, 5.41) is 1.01. The van der Waals surface area contributed by atoms with E-state index in [9.17, 15) is 9.59 Å². The van der Waals surface area contributed by atoms with E-state index in [-0.39, 0.29) is 23.8 Å². The maximum atomic E-state index is 12.7. The van der Waals surface area contributed by atoms with Crippen molar-refractivity contribution in [3.05, 3.63) is 36.1 Å². The maximum absolute atomic E-state index is 12.7. The van der Waals surface area contributed by atoms with Crippen molar-refractivity contribution in [2.45, 2.75) is 25.8 Å². The molecule has 2 amide bonds. The molecular formula is C18H23N3O3. The summed E-state index contributed by atoms with van der Waals surface area (Å²) in [5.41, 5.74) is 6.15. The number of hydrogen-bond donors (Lipinski definition) is 1. The molecule has 6 heteroatoms. The standard InChI is InChI=1S/C18H23N3O3/c1-12(16-11-14-5-3-4-6-15(14)24-16)18(23)21-9-7-20(8-10-21)13(2)17(19)22/h3-6,11-13H,7-10H2,1-2H3,(H2,19,22). The summed E-state index contributed by atoms with van der Waals surface area (Å²) in [4.78, 5) is 27.9. The third-order valence-electron chi connectivity index (χ3n) is 4.83. The zero-order chi connectivity index (χ0) is 17.3. The van der Waals surface area contributed by atoms with Crippen LogP contribution in [0.15, 0.2) is 34.7 Å². The highest BCUT2D eigenvalue weighted by Gasteiger charge is 2.30. The molecule has 2 atom stereocenters. The van der Waals surface area contributed by atoms with Crippen LogP contribution in [0.4, 0.5) is 0 Å². The van der Waals surface area contributed by atoms with Gasteiger partial charge >= 0.3 is 0 Å². The lowest BCUT2D eigenvalue weighted by Crippen LogP contribution is -2.54. The van der Waals surface area contributed by atoms with Crippen molar-refractivity contribution in [1.82, 2.24) is 9.80 Å². The van der Waals surface area contributed by atoms with E-state index < -0.39 is 0 Å². The highest BCUT2D eigenvalue weighted by atomic mass is 16.3. The van der Waals surface area contributed by atoms with E-state index >= 15 is 0 Å². The molecule has 1 fully saturated rings. The molecule has 1 aliphatic rings. The summed E-state index contributed by atoms with van der Waals surface area (Å²) < 4.78 is 5.81. The normalized spacial score (nSPS) is 18.5. The first-order valence-corrected chi connectivity index (χ1v) is 8.28. The van der Waals surface area contributed by atoms with Crippen molar-refractivity contribution in [2.75, 3.05) is 26.2 Å². The summed E-state index contributed by atoms with van der Waals surface area (Å²) >= 11 is 0. The summed E-state index contributed by atoms with van der Waals surface area (Å²) in [5.74, 6) is 0.0949. The van der Waals surface area contributed by atoms with E-state index in [1.54, 1.807) is 6.92 Å². The SMILES string of the molecule is CC(C(=O)N1CCN(C(C)C(N)=O)CC1)c1cc2ccccc2o1. The van der Waals surface area contributed by atoms with E-state index in [4.69, 9.17) is 10.2 Å². The Bertz CT molecular complexity index is 714. The van der Waals surface area contributed by atoms with Crippen molar-refractivity contribution >= 4 is 22.8 Å². The van der Waals surface area contributed by atoms with Crippen LogP contribution in [-0.2, 0) is 9.59 Å². The highest BCUT2D eigenvalue weighted by Crippen LogP contribution is 2.26. The zero-order valence-electron chi connectivity index (χ0n) is 14.1. The molecule has 2 unspecified atom stereocenters. The summed E-state index contributed by atoms with van der Waals surface area (Å²) in [7, 11) is 0. The lowest BCUT2D eigenvalue weighted by molar-refractivity contribution is -0.135. The van der Waals surface area contributed by atoms with Crippen LogP contribution in [0.1, 0.15) is 25.5 Å². The minimum absolute atomic E-state index is 0.0560. The molecule has 1 saturated heterocycles. The number of hydrogen-bond acceptors (Lipinski definition) is 4. The first-order valence-electron chi connectivity index (χ1n) is 8.28. The largest absolute Gasteiger partial charge is 0.460 e. The molecule has 3 rings (SSSR count). The van der Waals surface area contributed by atoms with Crippen molar-refractivity contribution in [3.63, 3.8) is 0 Å². The topological polar surface area (TPSA) is 79.8 Å². The van der Waals surface area contributed by atoms with Crippen LogP contribution in [0.3, 0.4) is 0 Å². The van der Waals surface area contributed by atoms with Gasteiger partial charge in [0.1, 0.15) is 11.3 Å². The van der Waals surface area contributed by atoms with Crippen LogP contribution in [0.5, 0.6) is 0 Å². The number of furan rings is 1. The molecule has 0 saturated carbocycles. The molecule has 0 aliphatic carbocycles. The number of amides is 2. The molecule has 2 aromatic rings. The number of benzene rings is 1. The monoisotopic (exact) mass is 329 g/mol. The van der Waals surface area contributed by atoms with Crippen LogP contribution >= 0.6 is 0 Å². The zero-order valence-corrected chi connectivity index (χ0v) is 14.1. The number of piperazine rings is 1. The minimum atomic E-state index is -0.328. The van der Waals surface area contributed by atoms with Gasteiger partial charge in [0.15, 0.2) is 0 Å². The Balaban J connectivity index is 1.65. The van der Waals surface area contributed by atoms with Gasteiger partial charge in [-0.1, -0.05) is 18.2 Å². The van der Waals surface area contributed by atoms with Crippen molar-refractivity contribution in [1.29, 1.82) is 0 Å². The molecule has 0 spiro atoms. The van der Waals surface area contributed by atoms with Gasteiger partial charge in [-0.25, -0.2) is 0 Å². The second-order valence-corrected chi connectivity index (χ2v) is 6.35. The van der Waals surface area contributed by atoms with Crippen LogP contribution in [0.25, 0.3) is 11.0 Å². The first-order chi connectivity index (χ1) is 11.5. The number of primary amides is 1. The fraction of sp³-hybridized carbons (Fsp3) is 0.444. The molecule has 24 heavy (non-hydrogen) atoms. The molecule has 2 heterocycles. The average Bonchev–Trinajstić information content (AvgIpc) is 3.04. The molecule has 0 radical (unpaired) electrons. The van der Waals surface area contributed by atoms with Crippen molar-refractivity contribution in [3.8, 4) is 0 Å². The van der Waals surface area contributed by atoms with Gasteiger partial charge < -0.3 is 15.1 Å². The van der Waals surface area contributed by atoms with Gasteiger partial charge in [0.05, 0.1) is 12.0 Å². The van der Waals surface area contributed by atoms with Gasteiger partial charge in [0, 0.05) is 31.6 Å². The molecule has 6 nitrogen and oxygen atoms in total. The van der Waals surface area contributed by atoms with Crippen molar-refractivity contribution < 1.29 is 14.0 Å². The van der Waals surface area contributed by atoms with Gasteiger partial charge in [-0.15, -0.1) is 0 Å². The van der Waals surface area contributed by atoms with Crippen molar-refractivity contribution in [2.24, 2.45) is 5.73 Å². The molecule has 1 aromatic carbocycles. The Kier molecular flexibility index (Phi) is 4.57. The molecule has 1 aromatic heterocycles. The number of fused-ring (bicyclic) bond motifs is 1. The molecule has 128 valence electrons. The van der Waals surface area contributed by atoms with E-state index in [1.807, 2.05) is 47.1 Å². The van der Waals surface area contributed by atoms with E-state index in [2.05, 4.69) is 0 Å². The van der Waals surface area contributed by atoms with Crippen LogP contribution in [0, 0.1) is 0 Å². The number of nitrogens with two attached hydrogens (primary N) is 1. The Hall–Kier alpha value is -2.34. The van der Waals surface area contributed by atoms with Gasteiger partial charge in [-0.3, -0.25) is 14.5 Å². The van der Waals surface area contributed by atoms with E-state index in [0.29, 0.717) is 31.9 Å². The molecular weight excluding hydrogens is 306 g/mol. The van der Waals surface area contributed by atoms with E-state index in [0.717, 1.165) is 11.0 Å². The second-order valence-electron chi connectivity index (χ2n) is 6.35. The third kappa shape index (κ3) is 3.14. The van der Waals surface area contributed by atoms with Gasteiger partial charge in [-0.2, -0.15) is 0 Å². The van der Waals surface area contributed by atoms with Gasteiger partial charge in [0.25, 0.3) is 0 Å². The first kappa shape index (κ1) is 16.5. The van der Waals surface area contributed by atoms with Gasteiger partial charge in [-0.05, 0) is 26.0 Å². The molecule has 1 aliphatic heterocycles. The fourth-order valence-corrected chi connectivity index (χ4v) is 3.12. The average molecular weight is 329 g/mol. The van der Waals surface area contributed by atoms with Crippen LogP contribution in [-0.4, -0.2) is 53.8 Å². The molecule has 0 bridgehead atoms. The summed E-state index contributed by atoms with van der Waals surface area (Å²) in [6.45, 7) is 6.18. The van der Waals surface area contributed by atoms with E-state index in [1.165, 1.54) is 0 Å². The third-order valence-corrected chi connectivity index (χ3v) is 4.83.